The topological polar surface area (TPSA) is 246 Å². The van der Waals surface area contributed by atoms with Gasteiger partial charge in [0.25, 0.3) is 5.82 Å². The molecule has 0 spiro atoms. The van der Waals surface area contributed by atoms with Gasteiger partial charge < -0.3 is 94.7 Å². The molecule has 7 heterocycles. The van der Waals surface area contributed by atoms with Crippen LogP contribution >= 0.6 is 0 Å². The summed E-state index contributed by atoms with van der Waals surface area (Å²) in [4.78, 5) is 0. The first-order valence-electron chi connectivity index (χ1n) is 43.5. The van der Waals surface area contributed by atoms with E-state index >= 15 is 0 Å². The van der Waals surface area contributed by atoms with E-state index in [1.165, 1.54) is 31.9 Å². The molecule has 0 amide bonds. The summed E-state index contributed by atoms with van der Waals surface area (Å²) in [5.41, 5.74) is 0. The molecule has 696 valence electrons. The van der Waals surface area contributed by atoms with E-state index in [-0.39, 0.29) is 0 Å². The number of hydrogen-bond donors (Lipinski definition) is 0. The van der Waals surface area contributed by atoms with E-state index in [2.05, 4.69) is 192 Å². The summed E-state index contributed by atoms with van der Waals surface area (Å²) in [6.45, 7) is 47.2. The van der Waals surface area contributed by atoms with Crippen molar-refractivity contribution in [2.45, 2.75) is 158 Å². The molecule has 0 fully saturated rings. The summed E-state index contributed by atoms with van der Waals surface area (Å²) in [6.07, 6.45) is 48.1. The van der Waals surface area contributed by atoms with Gasteiger partial charge in [0.1, 0.15) is 146 Å². The zero-order valence-corrected chi connectivity index (χ0v) is 78.3. The fourth-order valence-corrected chi connectivity index (χ4v) is 12.3. The lowest BCUT2D eigenvalue weighted by atomic mass is 10.2. The summed E-state index contributed by atoms with van der Waals surface area (Å²) in [7, 11) is 13.1. The second-order valence-electron chi connectivity index (χ2n) is 29.0. The maximum absolute atomic E-state index is 5.70. The molecule has 35 heteroatoms. The van der Waals surface area contributed by atoms with E-state index in [0.29, 0.717) is 192 Å². The van der Waals surface area contributed by atoms with Gasteiger partial charge in [-0.1, -0.05) is 19.6 Å². The molecule has 34 nitrogen and oxygen atoms in total. The average Bonchev–Trinajstić information content (AvgIpc) is 1.71. The number of hydrogen-bond acceptors (Lipinski definition) is 20. The van der Waals surface area contributed by atoms with Crippen molar-refractivity contribution in [3.63, 3.8) is 0 Å². The number of ether oxygens (including phenoxy) is 20. The minimum Gasteiger partial charge on any atom is -0.382 e. The van der Waals surface area contributed by atoms with Crippen LogP contribution in [0.5, 0.6) is 0 Å². The van der Waals surface area contributed by atoms with Gasteiger partial charge in [-0.15, -0.1) is 0 Å². The smallest absolute Gasteiger partial charge is 0.283 e. The van der Waals surface area contributed by atoms with Crippen LogP contribution in [0.4, 0.5) is 0 Å². The van der Waals surface area contributed by atoms with Gasteiger partial charge in [-0.05, 0) is 53.4 Å². The van der Waals surface area contributed by atoms with Gasteiger partial charge in [-0.25, -0.2) is 63.9 Å². The molecule has 0 aromatic carbocycles. The summed E-state index contributed by atoms with van der Waals surface area (Å²) in [5.74, 6) is 1.08. The molecule has 7 rings (SSSR count). The highest BCUT2D eigenvalue weighted by molar-refractivity contribution is 6.74. The lowest BCUT2D eigenvalue weighted by Gasteiger charge is -2.11. The molecule has 0 saturated carbocycles. The number of nitrogens with zero attached hydrogens (tertiary/aromatic N) is 14. The Labute approximate surface area is 726 Å². The van der Waals surface area contributed by atoms with Crippen molar-refractivity contribution in [1.82, 2.24) is 32.0 Å². The van der Waals surface area contributed by atoms with Gasteiger partial charge in [-0.3, -0.25) is 0 Å². The van der Waals surface area contributed by atoms with E-state index in [4.69, 9.17) is 94.7 Å². The molecule has 0 aliphatic rings. The predicted octanol–water partition coefficient (Wildman–Crippen LogP) is 4.64. The van der Waals surface area contributed by atoms with Crippen molar-refractivity contribution < 1.29 is 127 Å². The molecule has 0 aliphatic carbocycles. The van der Waals surface area contributed by atoms with Gasteiger partial charge in [0.2, 0.25) is 38.0 Å². The molecule has 0 bridgehead atoms. The van der Waals surface area contributed by atoms with Crippen LogP contribution in [0.1, 0.15) is 59.2 Å². The first-order chi connectivity index (χ1) is 59.2. The SMILES string of the molecule is CCOCCOCC[n+]1ccn(CC)c1.CCOCCOCCn1cc[n+](CCOCCOCC)c1.COCCOCCOCCn1cc[n+](CCOCCOCCOC)c1.COCCOCCn1cc[n+](CCOCCOC)c1COCCOC.COCCOCCn1cc[n+](C[Si](C)(C)C)c1.C[n+]1ccn(CCCCCCn2cc[n+](C)c2)c1. The van der Waals surface area contributed by atoms with Gasteiger partial charge in [0.15, 0.2) is 0 Å². The Bertz CT molecular complexity index is 3190. The van der Waals surface area contributed by atoms with Gasteiger partial charge in [-0.2, -0.15) is 0 Å². The van der Waals surface area contributed by atoms with E-state index in [0.717, 1.165) is 111 Å². The maximum atomic E-state index is 5.70. The first kappa shape index (κ1) is 111. The summed E-state index contributed by atoms with van der Waals surface area (Å²) >= 11 is 0. The van der Waals surface area contributed by atoms with Gasteiger partial charge in [0, 0.05) is 62.5 Å². The standard InChI is InChI=1S/2C17H33N2O6.C15H29N2O4.C14H24N4.C12H25N2O2Si.C11H21N2O2/c1-20-10-13-23-8-6-18-4-5-19(7-9-24-14-11-21-2)17(18)16-25-15-12-22-3;1-20-9-11-24-15-13-22-7-5-18-3-4-19(17-18)6-8-23-14-16-25-12-10-21-2;1-3-18-11-13-20-9-7-16-5-6-17(15-16)8-10-21-14-12-19-4-2;1-15-9-11-17(13-15)7-5-3-4-6-8-18-12-10-16(2)14-18;1-15-9-10-16-8-7-13-5-6-14(11-13)12-17(2,3)4;1-3-12-5-6-13(11-12)7-8-15-10-9-14-4-2/h4-5H,6-16H2,1-3H3;3-4,17H,5-16H2,1-2H3;5-6,15H,3-4,7-14H2,1-2H3;9-14H,3-8H2,1-2H3;5-6,11H,7-10,12H2,1-4H3;5-6,11H,3-4,7-10H2,1-2H3/q3*+1;+2;2*+1. The van der Waals surface area contributed by atoms with Crippen molar-refractivity contribution >= 4 is 8.07 Å². The van der Waals surface area contributed by atoms with Crippen LogP contribution in [0.25, 0.3) is 0 Å². The minimum absolute atomic E-state index is 0.520. The zero-order valence-electron chi connectivity index (χ0n) is 77.3. The van der Waals surface area contributed by atoms with Crippen molar-refractivity contribution in [3.8, 4) is 0 Å². The molecule has 0 saturated heterocycles. The Morgan fingerprint density at radius 3 is 0.893 bits per heavy atom. The number of rotatable bonds is 72. The van der Waals surface area contributed by atoms with Crippen LogP contribution in [-0.2, 0) is 194 Å². The Morgan fingerprint density at radius 2 is 0.554 bits per heavy atom. The molecule has 7 aromatic heterocycles. The normalized spacial score (nSPS) is 11.3. The summed E-state index contributed by atoms with van der Waals surface area (Å²) < 4.78 is 136. The number of unbranched alkanes of at least 4 members (excludes halogenated alkanes) is 3. The molecule has 0 aliphatic heterocycles. The van der Waals surface area contributed by atoms with Crippen molar-refractivity contribution in [2.24, 2.45) is 14.1 Å². The third kappa shape index (κ3) is 65.2. The van der Waals surface area contributed by atoms with Crippen LogP contribution in [0.15, 0.2) is 125 Å². The van der Waals surface area contributed by atoms with Crippen molar-refractivity contribution in [2.75, 3.05) is 261 Å². The second-order valence-corrected chi connectivity index (χ2v) is 34.5. The van der Waals surface area contributed by atoms with Crippen LogP contribution in [-0.4, -0.2) is 301 Å². The number of aromatic nitrogens is 14. The third-order valence-electron chi connectivity index (χ3n) is 17.5. The molecule has 0 N–H and O–H groups in total. The zero-order chi connectivity index (χ0) is 87.8. The monoisotopic (exact) mass is 1740 g/mol. The lowest BCUT2D eigenvalue weighted by molar-refractivity contribution is -0.707. The highest BCUT2D eigenvalue weighted by Gasteiger charge is 2.20. The highest BCUT2D eigenvalue weighted by Crippen LogP contribution is 2.05. The Balaban J connectivity index is 0.000000496. The van der Waals surface area contributed by atoms with E-state index in [9.17, 15) is 0 Å². The lowest BCUT2D eigenvalue weighted by Crippen LogP contribution is -2.44. The highest BCUT2D eigenvalue weighted by atomic mass is 28.3. The van der Waals surface area contributed by atoms with Crippen molar-refractivity contribution in [3.05, 3.63) is 131 Å². The quantitative estimate of drug-likeness (QED) is 0.0286. The molecule has 121 heavy (non-hydrogen) atoms. The molecule has 0 atom stereocenters. The number of aryl methyl sites for hydroxylation is 5. The van der Waals surface area contributed by atoms with Gasteiger partial charge in [0.05, 0.1) is 246 Å². The minimum atomic E-state index is -1.03. The number of methoxy groups -OCH3 is 6. The molecular weight excluding hydrogens is 1580 g/mol. The fourth-order valence-electron chi connectivity index (χ4n) is 11.1. The van der Waals surface area contributed by atoms with Crippen LogP contribution in [0.3, 0.4) is 0 Å². The molecule has 0 radical (unpaired) electrons. The van der Waals surface area contributed by atoms with Gasteiger partial charge >= 0.3 is 0 Å². The van der Waals surface area contributed by atoms with E-state index in [1.54, 1.807) is 42.7 Å². The maximum Gasteiger partial charge on any atom is 0.283 e. The fraction of sp³-hybridized carbons (Fsp3) is 0.756. The molecule has 7 aromatic rings. The predicted molar refractivity (Wildman–Crippen MR) is 460 cm³/mol. The largest absolute Gasteiger partial charge is 0.382 e. The van der Waals surface area contributed by atoms with Crippen LogP contribution in [0, 0.1) is 0 Å². The summed E-state index contributed by atoms with van der Waals surface area (Å²) in [6, 6.07) is 0. The Kier molecular flexibility index (Phi) is 73.1. The van der Waals surface area contributed by atoms with E-state index in [1.807, 2.05) is 58.0 Å². The third-order valence-corrected chi connectivity index (χ3v) is 18.9. The Morgan fingerprint density at radius 1 is 0.264 bits per heavy atom. The first-order valence-corrected chi connectivity index (χ1v) is 47.2. The average molecular weight is 1740 g/mol. The van der Waals surface area contributed by atoms with Crippen LogP contribution < -0.4 is 32.0 Å². The number of imidazole rings is 7. The Hall–Kier alpha value is -6.11. The van der Waals surface area contributed by atoms with Crippen molar-refractivity contribution in [1.29, 1.82) is 0 Å². The second kappa shape index (κ2) is 79.8. The van der Waals surface area contributed by atoms with E-state index < -0.39 is 8.07 Å². The van der Waals surface area contributed by atoms with Crippen LogP contribution in [0.2, 0.25) is 19.6 Å². The molecule has 0 unspecified atom stereocenters. The molecular formula is C86H165N14O20Si+7. The summed E-state index contributed by atoms with van der Waals surface area (Å²) in [5, 5.41) is 0.